The van der Waals surface area contributed by atoms with Crippen LogP contribution in [0.25, 0.3) is 0 Å². The third-order valence-electron chi connectivity index (χ3n) is 2.46. The number of carbonyl (C=O) groups is 2. The van der Waals surface area contributed by atoms with E-state index >= 15 is 0 Å². The largest absolute Gasteiger partial charge is 0.460 e. The zero-order valence-corrected chi connectivity index (χ0v) is 14.7. The molecule has 0 heterocycles. The fourth-order valence-corrected chi connectivity index (χ4v) is 1.38. The van der Waals surface area contributed by atoms with E-state index in [-0.39, 0.29) is 24.8 Å². The van der Waals surface area contributed by atoms with Gasteiger partial charge in [-0.15, -0.1) is 0 Å². The van der Waals surface area contributed by atoms with E-state index in [2.05, 4.69) is 15.6 Å². The van der Waals surface area contributed by atoms with Gasteiger partial charge in [-0.25, -0.2) is 4.99 Å². The van der Waals surface area contributed by atoms with Crippen LogP contribution in [-0.4, -0.2) is 62.1 Å². The number of nitrogens with one attached hydrogen (secondary N) is 2. The number of rotatable bonds is 7. The van der Waals surface area contributed by atoms with Gasteiger partial charge in [0, 0.05) is 27.2 Å². The van der Waals surface area contributed by atoms with E-state index in [1.54, 1.807) is 14.1 Å². The minimum atomic E-state index is -0.480. The first-order valence-corrected chi connectivity index (χ1v) is 7.60. The predicted octanol–water partition coefficient (Wildman–Crippen LogP) is 0.752. The van der Waals surface area contributed by atoms with Crippen LogP contribution in [0.5, 0.6) is 0 Å². The van der Waals surface area contributed by atoms with Crippen LogP contribution in [0.3, 0.4) is 0 Å². The summed E-state index contributed by atoms with van der Waals surface area (Å²) in [6.07, 6.45) is 1.18. The summed E-state index contributed by atoms with van der Waals surface area (Å²) in [5.41, 5.74) is -0.480. The SMILES string of the molecule is CCCNC(=NCC(=O)N(C)C)NCCC(=O)OC(C)(C)C. The highest BCUT2D eigenvalue weighted by Crippen LogP contribution is 2.07. The molecule has 0 saturated carbocycles. The monoisotopic (exact) mass is 314 g/mol. The Morgan fingerprint density at radius 2 is 1.73 bits per heavy atom. The summed E-state index contributed by atoms with van der Waals surface area (Å²) in [6, 6.07) is 0. The molecule has 2 N–H and O–H groups in total. The van der Waals surface area contributed by atoms with Gasteiger partial charge in [-0.05, 0) is 27.2 Å². The van der Waals surface area contributed by atoms with Gasteiger partial charge in [0.15, 0.2) is 5.96 Å². The zero-order chi connectivity index (χ0) is 17.2. The van der Waals surface area contributed by atoms with Crippen LogP contribution in [-0.2, 0) is 14.3 Å². The van der Waals surface area contributed by atoms with Crippen LogP contribution >= 0.6 is 0 Å². The molecule has 0 aromatic heterocycles. The van der Waals surface area contributed by atoms with Crippen molar-refractivity contribution in [3.05, 3.63) is 0 Å². The van der Waals surface area contributed by atoms with Crippen LogP contribution in [0.1, 0.15) is 40.5 Å². The summed E-state index contributed by atoms with van der Waals surface area (Å²) in [4.78, 5) is 28.9. The van der Waals surface area contributed by atoms with Gasteiger partial charge in [-0.3, -0.25) is 9.59 Å². The molecular formula is C15H30N4O3. The number of nitrogens with zero attached hydrogens (tertiary/aromatic N) is 2. The van der Waals surface area contributed by atoms with Gasteiger partial charge < -0.3 is 20.3 Å². The highest BCUT2D eigenvalue weighted by atomic mass is 16.6. The summed E-state index contributed by atoms with van der Waals surface area (Å²) in [7, 11) is 3.37. The van der Waals surface area contributed by atoms with Crippen molar-refractivity contribution in [2.45, 2.75) is 46.1 Å². The average Bonchev–Trinajstić information content (AvgIpc) is 2.38. The quantitative estimate of drug-likeness (QED) is 0.412. The normalized spacial score (nSPS) is 11.8. The first-order chi connectivity index (χ1) is 10.2. The molecule has 1 amide bonds. The Balaban J connectivity index is 4.33. The molecule has 0 aliphatic carbocycles. The third-order valence-corrected chi connectivity index (χ3v) is 2.46. The van der Waals surface area contributed by atoms with Crippen molar-refractivity contribution in [2.24, 2.45) is 4.99 Å². The molecule has 22 heavy (non-hydrogen) atoms. The summed E-state index contributed by atoms with van der Waals surface area (Å²) < 4.78 is 5.23. The maximum Gasteiger partial charge on any atom is 0.308 e. The number of carbonyl (C=O) groups excluding carboxylic acids is 2. The zero-order valence-electron chi connectivity index (χ0n) is 14.7. The summed E-state index contributed by atoms with van der Waals surface area (Å²) >= 11 is 0. The van der Waals surface area contributed by atoms with Gasteiger partial charge in [-0.1, -0.05) is 6.92 Å². The number of guanidine groups is 1. The lowest BCUT2D eigenvalue weighted by molar-refractivity contribution is -0.154. The second-order valence-electron chi connectivity index (χ2n) is 6.14. The highest BCUT2D eigenvalue weighted by Gasteiger charge is 2.15. The van der Waals surface area contributed by atoms with E-state index in [9.17, 15) is 9.59 Å². The Kier molecular flexibility index (Phi) is 9.21. The Labute approximate surface area is 133 Å². The van der Waals surface area contributed by atoms with Crippen molar-refractivity contribution in [1.29, 1.82) is 0 Å². The van der Waals surface area contributed by atoms with Crippen molar-refractivity contribution >= 4 is 17.8 Å². The molecule has 0 unspecified atom stereocenters. The van der Waals surface area contributed by atoms with Crippen LogP contribution < -0.4 is 10.6 Å². The molecule has 0 spiro atoms. The van der Waals surface area contributed by atoms with Crippen molar-refractivity contribution < 1.29 is 14.3 Å². The molecule has 0 atom stereocenters. The van der Waals surface area contributed by atoms with Crippen molar-refractivity contribution in [3.63, 3.8) is 0 Å². The van der Waals surface area contributed by atoms with Crippen LogP contribution in [0.15, 0.2) is 4.99 Å². The van der Waals surface area contributed by atoms with Crippen molar-refractivity contribution in [1.82, 2.24) is 15.5 Å². The number of amides is 1. The van der Waals surface area contributed by atoms with E-state index in [1.165, 1.54) is 4.90 Å². The molecule has 0 aliphatic rings. The van der Waals surface area contributed by atoms with Crippen LogP contribution in [0.4, 0.5) is 0 Å². The topological polar surface area (TPSA) is 83.0 Å². The van der Waals surface area contributed by atoms with E-state index in [0.717, 1.165) is 13.0 Å². The molecule has 128 valence electrons. The average molecular weight is 314 g/mol. The highest BCUT2D eigenvalue weighted by molar-refractivity contribution is 5.85. The molecule has 0 fully saturated rings. The second-order valence-corrected chi connectivity index (χ2v) is 6.14. The minimum absolute atomic E-state index is 0.0679. The first-order valence-electron chi connectivity index (χ1n) is 7.60. The van der Waals surface area contributed by atoms with E-state index in [4.69, 9.17) is 4.74 Å². The van der Waals surface area contributed by atoms with E-state index in [0.29, 0.717) is 12.5 Å². The van der Waals surface area contributed by atoms with Crippen molar-refractivity contribution in [3.8, 4) is 0 Å². The lowest BCUT2D eigenvalue weighted by Gasteiger charge is -2.19. The number of esters is 1. The van der Waals surface area contributed by atoms with Crippen LogP contribution in [0.2, 0.25) is 0 Å². The minimum Gasteiger partial charge on any atom is -0.460 e. The summed E-state index contributed by atoms with van der Waals surface area (Å²) in [6.45, 7) is 8.76. The number of ether oxygens (including phenoxy) is 1. The molecule has 0 aromatic rings. The summed E-state index contributed by atoms with van der Waals surface area (Å²) in [5.74, 6) is 0.185. The van der Waals surface area contributed by atoms with Gasteiger partial charge in [0.1, 0.15) is 12.1 Å². The standard InChI is InChI=1S/C15H30N4O3/c1-7-9-16-14(18-11-12(20)19(5)6)17-10-8-13(21)22-15(2,3)4/h7-11H2,1-6H3,(H2,16,17,18). The lowest BCUT2D eigenvalue weighted by atomic mass is 10.2. The third kappa shape index (κ3) is 10.9. The molecule has 0 radical (unpaired) electrons. The predicted molar refractivity (Wildman–Crippen MR) is 87.8 cm³/mol. The first kappa shape index (κ1) is 20.2. The Morgan fingerprint density at radius 3 is 2.23 bits per heavy atom. The lowest BCUT2D eigenvalue weighted by Crippen LogP contribution is -2.40. The molecule has 0 saturated heterocycles. The Bertz CT molecular complexity index is 387. The number of likely N-dealkylation sites (N-methyl/N-ethyl adjacent to an activating group) is 1. The van der Waals surface area contributed by atoms with Gasteiger partial charge >= 0.3 is 5.97 Å². The smallest absolute Gasteiger partial charge is 0.308 e. The Morgan fingerprint density at radius 1 is 1.14 bits per heavy atom. The molecule has 0 bridgehead atoms. The van der Waals surface area contributed by atoms with Gasteiger partial charge in [0.2, 0.25) is 5.91 Å². The maximum absolute atomic E-state index is 11.6. The number of aliphatic imine (C=N–C) groups is 1. The summed E-state index contributed by atoms with van der Waals surface area (Å²) in [5, 5.41) is 6.13. The van der Waals surface area contributed by atoms with Gasteiger partial charge in [0.05, 0.1) is 6.42 Å². The maximum atomic E-state index is 11.6. The van der Waals surface area contributed by atoms with Crippen LogP contribution in [0, 0.1) is 0 Å². The molecule has 0 aromatic carbocycles. The second kappa shape index (κ2) is 10.0. The van der Waals surface area contributed by atoms with Gasteiger partial charge in [-0.2, -0.15) is 0 Å². The van der Waals surface area contributed by atoms with Gasteiger partial charge in [0.25, 0.3) is 0 Å². The fourth-order valence-electron chi connectivity index (χ4n) is 1.38. The fraction of sp³-hybridized carbons (Fsp3) is 0.800. The molecular weight excluding hydrogens is 284 g/mol. The van der Waals surface area contributed by atoms with E-state index < -0.39 is 5.60 Å². The number of hydrogen-bond acceptors (Lipinski definition) is 4. The Hall–Kier alpha value is -1.79. The van der Waals surface area contributed by atoms with Crippen molar-refractivity contribution in [2.75, 3.05) is 33.7 Å². The van der Waals surface area contributed by atoms with E-state index in [1.807, 2.05) is 27.7 Å². The molecule has 7 heteroatoms. The molecule has 0 rings (SSSR count). The molecule has 0 aliphatic heterocycles. The molecule has 7 nitrogen and oxygen atoms in total. The number of hydrogen-bond donors (Lipinski definition) is 2.